The van der Waals surface area contributed by atoms with Gasteiger partial charge in [0.25, 0.3) is 0 Å². The molecule has 0 unspecified atom stereocenters. The van der Waals surface area contributed by atoms with Crippen LogP contribution in [0.5, 0.6) is 0 Å². The first-order valence-electron chi connectivity index (χ1n) is 3.56. The van der Waals surface area contributed by atoms with E-state index in [1.807, 2.05) is 0 Å². The van der Waals surface area contributed by atoms with E-state index in [0.717, 1.165) is 17.8 Å². The molecular formula is C8H7F4NS. The highest BCUT2D eigenvalue weighted by atomic mass is 32.2. The fourth-order valence-corrected chi connectivity index (χ4v) is 1.42. The van der Waals surface area contributed by atoms with Gasteiger partial charge in [-0.2, -0.15) is 13.2 Å². The van der Waals surface area contributed by atoms with Crippen molar-refractivity contribution in [3.8, 4) is 0 Å². The third-order valence-electron chi connectivity index (χ3n) is 1.62. The Kier molecular flexibility index (Phi) is 2.94. The number of alkyl halides is 3. The summed E-state index contributed by atoms with van der Waals surface area (Å²) in [7, 11) is 0. The first-order chi connectivity index (χ1) is 6.36. The molecule has 78 valence electrons. The molecule has 0 fully saturated rings. The van der Waals surface area contributed by atoms with Gasteiger partial charge in [0.1, 0.15) is 0 Å². The minimum absolute atomic E-state index is 0.288. The summed E-state index contributed by atoms with van der Waals surface area (Å²) in [5.41, 5.74) is 3.31. The number of hydrogen-bond acceptors (Lipinski definition) is 2. The molecule has 0 heterocycles. The van der Waals surface area contributed by atoms with E-state index in [9.17, 15) is 17.6 Å². The summed E-state index contributed by atoms with van der Waals surface area (Å²) in [6.07, 6.45) is -3.11. The standard InChI is InChI=1S/C8H7F4NS/c1-14-4-2-5(8(10,11)12)7(9)6(13)3-4/h2-3H,13H2,1H3. The monoisotopic (exact) mass is 225 g/mol. The molecule has 0 atom stereocenters. The van der Waals surface area contributed by atoms with Crippen LogP contribution in [-0.4, -0.2) is 6.26 Å². The predicted molar refractivity (Wildman–Crippen MR) is 47.6 cm³/mol. The van der Waals surface area contributed by atoms with Crippen molar-refractivity contribution in [2.24, 2.45) is 0 Å². The summed E-state index contributed by atoms with van der Waals surface area (Å²) < 4.78 is 49.7. The SMILES string of the molecule is CSc1cc(N)c(F)c(C(F)(F)F)c1. The van der Waals surface area contributed by atoms with Gasteiger partial charge in [-0.25, -0.2) is 4.39 Å². The summed E-state index contributed by atoms with van der Waals surface area (Å²) in [6, 6.07) is 1.92. The number of benzene rings is 1. The van der Waals surface area contributed by atoms with Crippen LogP contribution in [0.3, 0.4) is 0 Å². The molecule has 0 aliphatic rings. The van der Waals surface area contributed by atoms with E-state index in [1.165, 1.54) is 6.07 Å². The molecular weight excluding hydrogens is 218 g/mol. The van der Waals surface area contributed by atoms with E-state index < -0.39 is 23.2 Å². The molecule has 0 aliphatic heterocycles. The second kappa shape index (κ2) is 3.68. The lowest BCUT2D eigenvalue weighted by atomic mass is 10.2. The minimum Gasteiger partial charge on any atom is -0.396 e. The fraction of sp³-hybridized carbons (Fsp3) is 0.250. The molecule has 14 heavy (non-hydrogen) atoms. The average molecular weight is 225 g/mol. The van der Waals surface area contributed by atoms with Gasteiger partial charge in [0, 0.05) is 4.90 Å². The molecule has 0 aromatic heterocycles. The lowest BCUT2D eigenvalue weighted by Crippen LogP contribution is -2.10. The maximum atomic E-state index is 13.0. The van der Waals surface area contributed by atoms with Crippen molar-refractivity contribution >= 4 is 17.4 Å². The number of nitrogens with two attached hydrogens (primary N) is 1. The smallest absolute Gasteiger partial charge is 0.396 e. The minimum atomic E-state index is -4.70. The van der Waals surface area contributed by atoms with Gasteiger partial charge in [-0.1, -0.05) is 0 Å². The Hall–Kier alpha value is -0.910. The summed E-state index contributed by atoms with van der Waals surface area (Å²) in [4.78, 5) is 0.288. The molecule has 0 saturated heterocycles. The van der Waals surface area contributed by atoms with Crippen molar-refractivity contribution in [1.29, 1.82) is 0 Å². The number of anilines is 1. The van der Waals surface area contributed by atoms with Crippen molar-refractivity contribution in [2.45, 2.75) is 11.1 Å². The number of halogens is 4. The zero-order valence-electron chi connectivity index (χ0n) is 7.15. The van der Waals surface area contributed by atoms with Gasteiger partial charge < -0.3 is 5.73 Å². The summed E-state index contributed by atoms with van der Waals surface area (Å²) in [5.74, 6) is -1.41. The van der Waals surface area contributed by atoms with Crippen LogP contribution in [-0.2, 0) is 6.18 Å². The van der Waals surface area contributed by atoms with Crippen molar-refractivity contribution in [1.82, 2.24) is 0 Å². The molecule has 1 nitrogen and oxygen atoms in total. The first kappa shape index (κ1) is 11.2. The fourth-order valence-electron chi connectivity index (χ4n) is 0.944. The van der Waals surface area contributed by atoms with Crippen LogP contribution in [0.2, 0.25) is 0 Å². The maximum Gasteiger partial charge on any atom is 0.419 e. The highest BCUT2D eigenvalue weighted by molar-refractivity contribution is 7.98. The van der Waals surface area contributed by atoms with E-state index in [1.54, 1.807) is 6.26 Å². The van der Waals surface area contributed by atoms with Gasteiger partial charge in [-0.05, 0) is 18.4 Å². The summed E-state index contributed by atoms with van der Waals surface area (Å²) in [6.45, 7) is 0. The van der Waals surface area contributed by atoms with Gasteiger partial charge in [-0.15, -0.1) is 11.8 Å². The Labute approximate surface area is 82.3 Å². The molecule has 0 saturated carbocycles. The van der Waals surface area contributed by atoms with Crippen LogP contribution < -0.4 is 5.73 Å². The molecule has 0 spiro atoms. The zero-order valence-corrected chi connectivity index (χ0v) is 7.97. The Morgan fingerprint density at radius 2 is 1.86 bits per heavy atom. The highest BCUT2D eigenvalue weighted by Crippen LogP contribution is 2.35. The van der Waals surface area contributed by atoms with Crippen molar-refractivity contribution in [2.75, 3.05) is 12.0 Å². The van der Waals surface area contributed by atoms with Crippen LogP contribution in [0.15, 0.2) is 17.0 Å². The molecule has 0 aliphatic carbocycles. The third-order valence-corrected chi connectivity index (χ3v) is 2.32. The zero-order chi connectivity index (χ0) is 10.9. The van der Waals surface area contributed by atoms with Gasteiger partial charge in [0.05, 0.1) is 11.3 Å². The second-order valence-corrected chi connectivity index (χ2v) is 3.46. The van der Waals surface area contributed by atoms with Crippen LogP contribution in [0.4, 0.5) is 23.2 Å². The normalized spacial score (nSPS) is 11.8. The van der Waals surface area contributed by atoms with Crippen LogP contribution in [0.25, 0.3) is 0 Å². The van der Waals surface area contributed by atoms with Crippen LogP contribution >= 0.6 is 11.8 Å². The molecule has 1 rings (SSSR count). The van der Waals surface area contributed by atoms with E-state index in [-0.39, 0.29) is 4.90 Å². The molecule has 0 bridgehead atoms. The second-order valence-electron chi connectivity index (χ2n) is 2.58. The first-order valence-corrected chi connectivity index (χ1v) is 4.79. The van der Waals surface area contributed by atoms with Crippen molar-refractivity contribution < 1.29 is 17.6 Å². The molecule has 2 N–H and O–H groups in total. The number of nitrogen functional groups attached to an aromatic ring is 1. The lowest BCUT2D eigenvalue weighted by molar-refractivity contribution is -0.140. The average Bonchev–Trinajstić information content (AvgIpc) is 2.07. The van der Waals surface area contributed by atoms with Crippen LogP contribution in [0.1, 0.15) is 5.56 Å². The van der Waals surface area contributed by atoms with Crippen LogP contribution in [0, 0.1) is 5.82 Å². The van der Waals surface area contributed by atoms with Gasteiger partial charge in [0.15, 0.2) is 5.82 Å². The number of thioether (sulfide) groups is 1. The predicted octanol–water partition coefficient (Wildman–Crippen LogP) is 3.15. The van der Waals surface area contributed by atoms with E-state index in [4.69, 9.17) is 5.73 Å². The van der Waals surface area contributed by atoms with Gasteiger partial charge >= 0.3 is 6.18 Å². The van der Waals surface area contributed by atoms with Gasteiger partial charge in [0.2, 0.25) is 0 Å². The summed E-state index contributed by atoms with van der Waals surface area (Å²) >= 11 is 1.08. The summed E-state index contributed by atoms with van der Waals surface area (Å²) in [5, 5.41) is 0. The largest absolute Gasteiger partial charge is 0.419 e. The molecule has 1 aromatic rings. The van der Waals surface area contributed by atoms with Crippen molar-refractivity contribution in [3.63, 3.8) is 0 Å². The highest BCUT2D eigenvalue weighted by Gasteiger charge is 2.35. The molecule has 0 radical (unpaired) electrons. The van der Waals surface area contributed by atoms with E-state index in [2.05, 4.69) is 0 Å². The Balaban J connectivity index is 3.35. The lowest BCUT2D eigenvalue weighted by Gasteiger charge is -2.10. The maximum absolute atomic E-state index is 13.0. The topological polar surface area (TPSA) is 26.0 Å². The van der Waals surface area contributed by atoms with Gasteiger partial charge in [-0.3, -0.25) is 0 Å². The Morgan fingerprint density at radius 1 is 1.29 bits per heavy atom. The quantitative estimate of drug-likeness (QED) is 0.451. The molecule has 0 amide bonds. The number of hydrogen-bond donors (Lipinski definition) is 1. The Bertz CT molecular complexity index is 348. The van der Waals surface area contributed by atoms with Crippen molar-refractivity contribution in [3.05, 3.63) is 23.5 Å². The third kappa shape index (κ3) is 2.12. The van der Waals surface area contributed by atoms with E-state index in [0.29, 0.717) is 0 Å². The molecule has 1 aromatic carbocycles. The number of rotatable bonds is 1. The Morgan fingerprint density at radius 3 is 2.29 bits per heavy atom. The molecule has 6 heteroatoms. The van der Waals surface area contributed by atoms with E-state index >= 15 is 0 Å².